The zero-order valence-corrected chi connectivity index (χ0v) is 11.8. The van der Waals surface area contributed by atoms with E-state index >= 15 is 0 Å². The standard InChI is InChI=1S/C10H12N4O3S2/c1-6-8(14-10(12-6)18-5-11-14)9(15)13-7-2-3-19(16,17)4-7/h5,7H,2-4H2,1H3,(H,13,15). The maximum atomic E-state index is 12.2. The van der Waals surface area contributed by atoms with Crippen molar-refractivity contribution in [2.24, 2.45) is 0 Å². The lowest BCUT2D eigenvalue weighted by Crippen LogP contribution is -2.36. The lowest BCUT2D eigenvalue weighted by atomic mass is 10.2. The normalized spacial score (nSPS) is 21.8. The number of rotatable bonds is 2. The first-order valence-corrected chi connectivity index (χ1v) is 8.46. The maximum absolute atomic E-state index is 12.2. The van der Waals surface area contributed by atoms with Gasteiger partial charge in [-0.2, -0.15) is 9.61 Å². The van der Waals surface area contributed by atoms with Gasteiger partial charge in [0.1, 0.15) is 5.51 Å². The molecule has 1 saturated heterocycles. The van der Waals surface area contributed by atoms with Crippen LogP contribution < -0.4 is 5.32 Å². The second-order valence-corrected chi connectivity index (χ2v) is 7.59. The highest BCUT2D eigenvalue weighted by molar-refractivity contribution is 7.91. The maximum Gasteiger partial charge on any atom is 0.272 e. The van der Waals surface area contributed by atoms with Gasteiger partial charge in [0.2, 0.25) is 4.96 Å². The molecule has 1 aliphatic heterocycles. The van der Waals surface area contributed by atoms with Gasteiger partial charge in [0.05, 0.1) is 17.2 Å². The van der Waals surface area contributed by atoms with Crippen LogP contribution in [0.25, 0.3) is 4.96 Å². The van der Waals surface area contributed by atoms with Crippen molar-refractivity contribution in [3.63, 3.8) is 0 Å². The predicted octanol–water partition coefficient (Wildman–Crippen LogP) is 0.0161. The highest BCUT2D eigenvalue weighted by Crippen LogP contribution is 2.16. The summed E-state index contributed by atoms with van der Waals surface area (Å²) in [5.41, 5.74) is 2.58. The molecule has 1 N–H and O–H groups in total. The molecule has 0 aliphatic carbocycles. The highest BCUT2D eigenvalue weighted by atomic mass is 32.2. The summed E-state index contributed by atoms with van der Waals surface area (Å²) in [5, 5.41) is 6.80. The number of nitrogens with one attached hydrogen (secondary N) is 1. The Kier molecular flexibility index (Phi) is 2.82. The van der Waals surface area contributed by atoms with Crippen molar-refractivity contribution in [2.75, 3.05) is 11.5 Å². The van der Waals surface area contributed by atoms with E-state index in [0.29, 0.717) is 22.8 Å². The number of carbonyl (C=O) groups excluding carboxylic acids is 1. The van der Waals surface area contributed by atoms with E-state index in [-0.39, 0.29) is 23.5 Å². The van der Waals surface area contributed by atoms with E-state index in [0.717, 1.165) is 0 Å². The number of sulfone groups is 1. The van der Waals surface area contributed by atoms with Gasteiger partial charge in [-0.1, -0.05) is 11.3 Å². The number of amides is 1. The van der Waals surface area contributed by atoms with Crippen LogP contribution in [0.15, 0.2) is 5.51 Å². The number of imidazole rings is 1. The van der Waals surface area contributed by atoms with E-state index in [1.54, 1.807) is 12.4 Å². The summed E-state index contributed by atoms with van der Waals surface area (Å²) >= 11 is 1.35. The minimum atomic E-state index is -3.00. The smallest absolute Gasteiger partial charge is 0.272 e. The van der Waals surface area contributed by atoms with Crippen LogP contribution in [0.3, 0.4) is 0 Å². The van der Waals surface area contributed by atoms with Gasteiger partial charge >= 0.3 is 0 Å². The Labute approximate surface area is 113 Å². The number of fused-ring (bicyclic) bond motifs is 1. The highest BCUT2D eigenvalue weighted by Gasteiger charge is 2.30. The van der Waals surface area contributed by atoms with Crippen LogP contribution in [0.4, 0.5) is 0 Å². The third-order valence-electron chi connectivity index (χ3n) is 3.10. The molecule has 1 unspecified atom stereocenters. The molecule has 0 radical (unpaired) electrons. The molecule has 3 rings (SSSR count). The Morgan fingerprint density at radius 1 is 1.58 bits per heavy atom. The van der Waals surface area contributed by atoms with E-state index < -0.39 is 9.84 Å². The molecule has 0 aromatic carbocycles. The SMILES string of the molecule is Cc1nc2scnn2c1C(=O)NC1CCS(=O)(=O)C1. The second-order valence-electron chi connectivity index (χ2n) is 4.55. The summed E-state index contributed by atoms with van der Waals surface area (Å²) in [6.07, 6.45) is 0.464. The summed E-state index contributed by atoms with van der Waals surface area (Å²) in [6.45, 7) is 1.74. The quantitative estimate of drug-likeness (QED) is 0.843. The van der Waals surface area contributed by atoms with Gasteiger partial charge in [-0.3, -0.25) is 4.79 Å². The van der Waals surface area contributed by atoms with Gasteiger partial charge in [0, 0.05) is 6.04 Å². The van der Waals surface area contributed by atoms with Crippen LogP contribution in [-0.2, 0) is 9.84 Å². The fourth-order valence-corrected chi connectivity index (χ4v) is 4.55. The number of nitrogens with zero attached hydrogens (tertiary/aromatic N) is 3. The number of aryl methyl sites for hydroxylation is 1. The molecule has 0 saturated carbocycles. The Morgan fingerprint density at radius 2 is 2.37 bits per heavy atom. The molecule has 1 fully saturated rings. The molecule has 0 spiro atoms. The third-order valence-corrected chi connectivity index (χ3v) is 5.55. The summed E-state index contributed by atoms with van der Waals surface area (Å²) in [6, 6.07) is -0.318. The van der Waals surface area contributed by atoms with E-state index in [4.69, 9.17) is 0 Å². The topological polar surface area (TPSA) is 93.4 Å². The van der Waals surface area contributed by atoms with Gasteiger partial charge in [-0.25, -0.2) is 13.4 Å². The summed E-state index contributed by atoms with van der Waals surface area (Å²) in [7, 11) is -3.00. The van der Waals surface area contributed by atoms with Crippen LogP contribution in [0, 0.1) is 6.92 Å². The lowest BCUT2D eigenvalue weighted by Gasteiger charge is -2.10. The average Bonchev–Trinajstić information content (AvgIpc) is 2.92. The van der Waals surface area contributed by atoms with Crippen molar-refractivity contribution in [3.8, 4) is 0 Å². The molecule has 1 amide bonds. The van der Waals surface area contributed by atoms with Crippen molar-refractivity contribution in [1.82, 2.24) is 19.9 Å². The average molecular weight is 300 g/mol. The van der Waals surface area contributed by atoms with E-state index in [9.17, 15) is 13.2 Å². The predicted molar refractivity (Wildman–Crippen MR) is 70.1 cm³/mol. The lowest BCUT2D eigenvalue weighted by molar-refractivity contribution is 0.0933. The van der Waals surface area contributed by atoms with Crippen molar-refractivity contribution in [3.05, 3.63) is 16.9 Å². The summed E-state index contributed by atoms with van der Waals surface area (Å²) in [5.74, 6) is -0.176. The van der Waals surface area contributed by atoms with Gasteiger partial charge in [-0.05, 0) is 13.3 Å². The molecule has 102 valence electrons. The van der Waals surface area contributed by atoms with Gasteiger partial charge in [0.25, 0.3) is 5.91 Å². The monoisotopic (exact) mass is 300 g/mol. The Morgan fingerprint density at radius 3 is 3.05 bits per heavy atom. The fourth-order valence-electron chi connectivity index (χ4n) is 2.22. The largest absolute Gasteiger partial charge is 0.347 e. The number of hydrogen-bond acceptors (Lipinski definition) is 6. The first-order valence-electron chi connectivity index (χ1n) is 5.76. The molecule has 2 aromatic heterocycles. The van der Waals surface area contributed by atoms with Gasteiger partial charge in [0.15, 0.2) is 15.5 Å². The van der Waals surface area contributed by atoms with Crippen LogP contribution in [-0.4, -0.2) is 46.5 Å². The molecular formula is C10H12N4O3S2. The molecule has 1 atom stereocenters. The first-order chi connectivity index (χ1) is 8.96. The molecule has 3 heterocycles. The van der Waals surface area contributed by atoms with Crippen molar-refractivity contribution in [2.45, 2.75) is 19.4 Å². The number of aromatic nitrogens is 3. The minimum Gasteiger partial charge on any atom is -0.347 e. The van der Waals surface area contributed by atoms with Crippen LogP contribution >= 0.6 is 11.3 Å². The van der Waals surface area contributed by atoms with Crippen LogP contribution in [0.5, 0.6) is 0 Å². The summed E-state index contributed by atoms with van der Waals surface area (Å²) < 4.78 is 24.2. The number of carbonyl (C=O) groups is 1. The Hall–Kier alpha value is -1.48. The van der Waals surface area contributed by atoms with Gasteiger partial charge < -0.3 is 5.32 Å². The summed E-state index contributed by atoms with van der Waals surface area (Å²) in [4.78, 5) is 17.1. The second kappa shape index (κ2) is 4.27. The van der Waals surface area contributed by atoms with E-state index in [2.05, 4.69) is 15.4 Å². The molecular weight excluding hydrogens is 288 g/mol. The third kappa shape index (κ3) is 2.23. The molecule has 1 aliphatic rings. The fraction of sp³-hybridized carbons (Fsp3) is 0.500. The molecule has 9 heteroatoms. The van der Waals surface area contributed by atoms with Crippen molar-refractivity contribution >= 4 is 32.0 Å². The minimum absolute atomic E-state index is 0.0107. The molecule has 0 bridgehead atoms. The van der Waals surface area contributed by atoms with Crippen LogP contribution in [0.2, 0.25) is 0 Å². The van der Waals surface area contributed by atoms with Crippen molar-refractivity contribution in [1.29, 1.82) is 0 Å². The van der Waals surface area contributed by atoms with E-state index in [1.807, 2.05) is 0 Å². The molecule has 7 nitrogen and oxygen atoms in total. The van der Waals surface area contributed by atoms with E-state index in [1.165, 1.54) is 15.9 Å². The number of hydrogen-bond donors (Lipinski definition) is 1. The van der Waals surface area contributed by atoms with Crippen molar-refractivity contribution < 1.29 is 13.2 Å². The zero-order valence-electron chi connectivity index (χ0n) is 10.2. The zero-order chi connectivity index (χ0) is 13.6. The molecule has 2 aromatic rings. The van der Waals surface area contributed by atoms with Gasteiger partial charge in [-0.15, -0.1) is 0 Å². The first kappa shape index (κ1) is 12.5. The Balaban J connectivity index is 1.85. The Bertz CT molecular complexity index is 746. The van der Waals surface area contributed by atoms with Crippen LogP contribution in [0.1, 0.15) is 22.6 Å². The molecule has 19 heavy (non-hydrogen) atoms.